The summed E-state index contributed by atoms with van der Waals surface area (Å²) in [5, 5.41) is 0. The standard InChI is InChI=1S/C17H26N2/c1-14(2)19-11-6-9-16-17(19)10-12-18(16)13-15-7-4-3-5-8-15/h3-5,7-8,14,16-17H,6,9-13H2,1-2H3. The van der Waals surface area contributed by atoms with Crippen LogP contribution in [0, 0.1) is 0 Å². The van der Waals surface area contributed by atoms with E-state index < -0.39 is 0 Å². The summed E-state index contributed by atoms with van der Waals surface area (Å²) in [4.78, 5) is 5.45. The van der Waals surface area contributed by atoms with E-state index in [0.29, 0.717) is 6.04 Å². The molecule has 1 aromatic rings. The van der Waals surface area contributed by atoms with Crippen LogP contribution in [-0.4, -0.2) is 41.0 Å². The zero-order chi connectivity index (χ0) is 13.2. The summed E-state index contributed by atoms with van der Waals surface area (Å²) in [5.74, 6) is 0. The molecule has 19 heavy (non-hydrogen) atoms. The van der Waals surface area contributed by atoms with Crippen molar-refractivity contribution in [2.75, 3.05) is 13.1 Å². The molecule has 0 saturated carbocycles. The monoisotopic (exact) mass is 258 g/mol. The highest BCUT2D eigenvalue weighted by Crippen LogP contribution is 2.32. The smallest absolute Gasteiger partial charge is 0.0266 e. The van der Waals surface area contributed by atoms with E-state index in [-0.39, 0.29) is 0 Å². The van der Waals surface area contributed by atoms with Crippen LogP contribution in [0.4, 0.5) is 0 Å². The summed E-state index contributed by atoms with van der Waals surface area (Å²) in [6.45, 7) is 8.41. The fourth-order valence-electron chi connectivity index (χ4n) is 3.97. The summed E-state index contributed by atoms with van der Waals surface area (Å²) in [6.07, 6.45) is 4.11. The normalized spacial score (nSPS) is 28.8. The first-order chi connectivity index (χ1) is 9.25. The van der Waals surface area contributed by atoms with Crippen molar-refractivity contribution in [2.24, 2.45) is 0 Å². The molecule has 2 atom stereocenters. The molecule has 0 spiro atoms. The molecule has 2 aliphatic rings. The molecular formula is C17H26N2. The molecule has 2 unspecified atom stereocenters. The Hall–Kier alpha value is -0.860. The van der Waals surface area contributed by atoms with Crippen LogP contribution in [0.1, 0.15) is 38.7 Å². The molecule has 0 aromatic heterocycles. The Kier molecular flexibility index (Phi) is 3.90. The van der Waals surface area contributed by atoms with Crippen LogP contribution < -0.4 is 0 Å². The van der Waals surface area contributed by atoms with Gasteiger partial charge in [0.1, 0.15) is 0 Å². The zero-order valence-electron chi connectivity index (χ0n) is 12.3. The highest BCUT2D eigenvalue weighted by Gasteiger charge is 2.40. The van der Waals surface area contributed by atoms with Gasteiger partial charge in [0, 0.05) is 31.2 Å². The van der Waals surface area contributed by atoms with Gasteiger partial charge in [0.05, 0.1) is 0 Å². The first-order valence-corrected chi connectivity index (χ1v) is 7.79. The Morgan fingerprint density at radius 3 is 2.58 bits per heavy atom. The highest BCUT2D eigenvalue weighted by atomic mass is 15.3. The Morgan fingerprint density at radius 2 is 1.84 bits per heavy atom. The molecule has 0 N–H and O–H groups in total. The maximum absolute atomic E-state index is 2.74. The molecule has 104 valence electrons. The number of likely N-dealkylation sites (tertiary alicyclic amines) is 2. The number of hydrogen-bond donors (Lipinski definition) is 0. The van der Waals surface area contributed by atoms with Crippen LogP contribution in [-0.2, 0) is 6.54 Å². The van der Waals surface area contributed by atoms with Crippen molar-refractivity contribution >= 4 is 0 Å². The third-order valence-corrected chi connectivity index (χ3v) is 4.86. The van der Waals surface area contributed by atoms with Gasteiger partial charge in [-0.1, -0.05) is 30.3 Å². The molecule has 3 rings (SSSR count). The number of benzene rings is 1. The molecule has 0 amide bonds. The van der Waals surface area contributed by atoms with E-state index in [1.54, 1.807) is 0 Å². The lowest BCUT2D eigenvalue weighted by atomic mass is 9.95. The van der Waals surface area contributed by atoms with E-state index >= 15 is 0 Å². The SMILES string of the molecule is CC(C)N1CCCC2C1CCN2Cc1ccccc1. The minimum atomic E-state index is 0.699. The van der Waals surface area contributed by atoms with Gasteiger partial charge < -0.3 is 0 Å². The molecule has 1 aromatic carbocycles. The Labute approximate surface area is 117 Å². The second kappa shape index (κ2) is 5.64. The second-order valence-electron chi connectivity index (χ2n) is 6.35. The summed E-state index contributed by atoms with van der Waals surface area (Å²) >= 11 is 0. The largest absolute Gasteiger partial charge is 0.296 e. The minimum Gasteiger partial charge on any atom is -0.296 e. The Bertz CT molecular complexity index is 401. The predicted molar refractivity (Wildman–Crippen MR) is 80.1 cm³/mol. The fraction of sp³-hybridized carbons (Fsp3) is 0.647. The third kappa shape index (κ3) is 2.70. The molecular weight excluding hydrogens is 232 g/mol. The van der Waals surface area contributed by atoms with Gasteiger partial charge in [0.25, 0.3) is 0 Å². The van der Waals surface area contributed by atoms with Crippen molar-refractivity contribution in [3.8, 4) is 0 Å². The van der Waals surface area contributed by atoms with Gasteiger partial charge in [-0.15, -0.1) is 0 Å². The van der Waals surface area contributed by atoms with Crippen molar-refractivity contribution in [1.82, 2.24) is 9.80 Å². The summed E-state index contributed by atoms with van der Waals surface area (Å²) in [6, 6.07) is 13.2. The summed E-state index contributed by atoms with van der Waals surface area (Å²) in [7, 11) is 0. The number of hydrogen-bond acceptors (Lipinski definition) is 2. The molecule has 2 heteroatoms. The maximum atomic E-state index is 2.74. The third-order valence-electron chi connectivity index (χ3n) is 4.86. The van der Waals surface area contributed by atoms with Crippen molar-refractivity contribution < 1.29 is 0 Å². The highest BCUT2D eigenvalue weighted by molar-refractivity contribution is 5.15. The number of piperidine rings is 1. The first-order valence-electron chi connectivity index (χ1n) is 7.79. The second-order valence-corrected chi connectivity index (χ2v) is 6.35. The van der Waals surface area contributed by atoms with Crippen LogP contribution in [0.3, 0.4) is 0 Å². The van der Waals surface area contributed by atoms with E-state index in [1.165, 1.54) is 37.9 Å². The Morgan fingerprint density at radius 1 is 1.05 bits per heavy atom. The van der Waals surface area contributed by atoms with Crippen LogP contribution in [0.25, 0.3) is 0 Å². The molecule has 2 heterocycles. The summed E-state index contributed by atoms with van der Waals surface area (Å²) in [5.41, 5.74) is 1.46. The topological polar surface area (TPSA) is 6.48 Å². The predicted octanol–water partition coefficient (Wildman–Crippen LogP) is 3.13. The van der Waals surface area contributed by atoms with Crippen LogP contribution in [0.5, 0.6) is 0 Å². The van der Waals surface area contributed by atoms with E-state index in [0.717, 1.165) is 18.6 Å². The molecule has 2 fully saturated rings. The average Bonchev–Trinajstić information content (AvgIpc) is 2.83. The quantitative estimate of drug-likeness (QED) is 0.822. The molecule has 0 aliphatic carbocycles. The van der Waals surface area contributed by atoms with Gasteiger partial charge in [-0.25, -0.2) is 0 Å². The van der Waals surface area contributed by atoms with Gasteiger partial charge in [0.15, 0.2) is 0 Å². The maximum Gasteiger partial charge on any atom is 0.0266 e. The van der Waals surface area contributed by atoms with E-state index in [9.17, 15) is 0 Å². The van der Waals surface area contributed by atoms with Crippen molar-refractivity contribution in [1.29, 1.82) is 0 Å². The number of fused-ring (bicyclic) bond motifs is 1. The molecule has 0 bridgehead atoms. The first kappa shape index (κ1) is 13.1. The van der Waals surface area contributed by atoms with Gasteiger partial charge in [-0.3, -0.25) is 9.80 Å². The van der Waals surface area contributed by atoms with Crippen molar-refractivity contribution in [3.63, 3.8) is 0 Å². The summed E-state index contributed by atoms with van der Waals surface area (Å²) < 4.78 is 0. The molecule has 0 radical (unpaired) electrons. The van der Waals surface area contributed by atoms with Gasteiger partial charge in [-0.2, -0.15) is 0 Å². The van der Waals surface area contributed by atoms with Crippen molar-refractivity contribution in [3.05, 3.63) is 35.9 Å². The van der Waals surface area contributed by atoms with Crippen LogP contribution >= 0.6 is 0 Å². The van der Waals surface area contributed by atoms with E-state index in [4.69, 9.17) is 0 Å². The lowest BCUT2D eigenvalue weighted by molar-refractivity contribution is 0.0679. The number of nitrogens with zero attached hydrogens (tertiary/aromatic N) is 2. The Balaban J connectivity index is 1.69. The van der Waals surface area contributed by atoms with Crippen LogP contribution in [0.15, 0.2) is 30.3 Å². The molecule has 2 nitrogen and oxygen atoms in total. The van der Waals surface area contributed by atoms with Gasteiger partial charge >= 0.3 is 0 Å². The van der Waals surface area contributed by atoms with E-state index in [2.05, 4.69) is 54.0 Å². The van der Waals surface area contributed by atoms with Crippen LogP contribution in [0.2, 0.25) is 0 Å². The van der Waals surface area contributed by atoms with Crippen molar-refractivity contribution in [2.45, 2.75) is 57.8 Å². The molecule has 2 saturated heterocycles. The lowest BCUT2D eigenvalue weighted by Gasteiger charge is -2.42. The zero-order valence-corrected chi connectivity index (χ0v) is 12.3. The van der Waals surface area contributed by atoms with Gasteiger partial charge in [-0.05, 0) is 45.2 Å². The lowest BCUT2D eigenvalue weighted by Crippen LogP contribution is -2.51. The van der Waals surface area contributed by atoms with Gasteiger partial charge in [0.2, 0.25) is 0 Å². The average molecular weight is 258 g/mol. The van der Waals surface area contributed by atoms with E-state index in [1.807, 2.05) is 0 Å². The minimum absolute atomic E-state index is 0.699. The molecule has 2 aliphatic heterocycles. The number of rotatable bonds is 3. The fourth-order valence-corrected chi connectivity index (χ4v) is 3.97.